The zero-order valence-electron chi connectivity index (χ0n) is 9.65. The molecule has 3 nitrogen and oxygen atoms in total. The van der Waals surface area contributed by atoms with E-state index in [9.17, 15) is 5.11 Å². The van der Waals surface area contributed by atoms with Crippen molar-refractivity contribution >= 4 is 0 Å². The van der Waals surface area contributed by atoms with Crippen molar-refractivity contribution in [1.29, 1.82) is 0 Å². The lowest BCUT2D eigenvalue weighted by Gasteiger charge is -2.32. The second kappa shape index (κ2) is 5.41. The van der Waals surface area contributed by atoms with E-state index in [4.69, 9.17) is 0 Å². The summed E-state index contributed by atoms with van der Waals surface area (Å²) in [6.45, 7) is 1.42. The third kappa shape index (κ3) is 3.29. The van der Waals surface area contributed by atoms with E-state index in [1.54, 1.807) is 6.20 Å². The summed E-state index contributed by atoms with van der Waals surface area (Å²) in [4.78, 5) is 4.24. The molecular weight excluding hydrogens is 200 g/mol. The Morgan fingerprint density at radius 1 is 1.25 bits per heavy atom. The van der Waals surface area contributed by atoms with Gasteiger partial charge in [0.1, 0.15) is 0 Å². The van der Waals surface area contributed by atoms with Crippen LogP contribution in [0.2, 0.25) is 0 Å². The van der Waals surface area contributed by atoms with Gasteiger partial charge in [0.15, 0.2) is 0 Å². The van der Waals surface area contributed by atoms with E-state index in [0.717, 1.165) is 37.9 Å². The first-order chi connectivity index (χ1) is 7.79. The van der Waals surface area contributed by atoms with Crippen LogP contribution < -0.4 is 5.32 Å². The van der Waals surface area contributed by atoms with E-state index in [1.165, 1.54) is 6.42 Å². The van der Waals surface area contributed by atoms with Crippen molar-refractivity contribution in [2.45, 2.75) is 44.2 Å². The normalized spacial score (nSPS) is 19.6. The molecule has 2 rings (SSSR count). The molecule has 1 aliphatic rings. The average molecular weight is 220 g/mol. The van der Waals surface area contributed by atoms with Crippen molar-refractivity contribution in [3.8, 4) is 0 Å². The van der Waals surface area contributed by atoms with Gasteiger partial charge < -0.3 is 10.4 Å². The minimum absolute atomic E-state index is 0.479. The van der Waals surface area contributed by atoms with Crippen LogP contribution in [0.1, 0.15) is 37.8 Å². The summed E-state index contributed by atoms with van der Waals surface area (Å²) in [6, 6.07) is 5.90. The second-order valence-corrected chi connectivity index (χ2v) is 4.71. The van der Waals surface area contributed by atoms with Gasteiger partial charge in [0, 0.05) is 19.3 Å². The number of aliphatic hydroxyl groups is 1. The summed E-state index contributed by atoms with van der Waals surface area (Å²) in [5.41, 5.74) is 0.550. The molecule has 16 heavy (non-hydrogen) atoms. The molecule has 0 unspecified atom stereocenters. The van der Waals surface area contributed by atoms with Gasteiger partial charge in [0.05, 0.1) is 11.3 Å². The fraction of sp³-hybridized carbons (Fsp3) is 0.615. The number of hydrogen-bond donors (Lipinski definition) is 2. The Kier molecular flexibility index (Phi) is 3.91. The summed E-state index contributed by atoms with van der Waals surface area (Å²) in [5.74, 6) is 0. The maximum Gasteiger partial charge on any atom is 0.0771 e. The minimum Gasteiger partial charge on any atom is -0.389 e. The molecule has 0 radical (unpaired) electrons. The number of nitrogens with one attached hydrogen (secondary N) is 1. The third-order valence-corrected chi connectivity index (χ3v) is 3.27. The van der Waals surface area contributed by atoms with Gasteiger partial charge in [-0.2, -0.15) is 0 Å². The highest BCUT2D eigenvalue weighted by atomic mass is 16.3. The molecule has 1 fully saturated rings. The summed E-state index contributed by atoms with van der Waals surface area (Å²) in [6.07, 6.45) is 7.24. The SMILES string of the molecule is OC1(CNCc2ccccn2)CCCCC1. The van der Waals surface area contributed by atoms with Crippen LogP contribution in [-0.4, -0.2) is 22.2 Å². The van der Waals surface area contributed by atoms with Gasteiger partial charge in [0.25, 0.3) is 0 Å². The highest BCUT2D eigenvalue weighted by Gasteiger charge is 2.28. The molecule has 2 N–H and O–H groups in total. The molecule has 0 aromatic carbocycles. The fourth-order valence-corrected chi connectivity index (χ4v) is 2.31. The largest absolute Gasteiger partial charge is 0.389 e. The molecule has 88 valence electrons. The molecule has 0 aliphatic heterocycles. The number of nitrogens with zero attached hydrogens (tertiary/aromatic N) is 1. The number of aromatic nitrogens is 1. The van der Waals surface area contributed by atoms with Gasteiger partial charge in [-0.25, -0.2) is 0 Å². The molecule has 1 saturated carbocycles. The van der Waals surface area contributed by atoms with E-state index in [1.807, 2.05) is 18.2 Å². The number of rotatable bonds is 4. The van der Waals surface area contributed by atoms with E-state index < -0.39 is 5.60 Å². The van der Waals surface area contributed by atoms with Crippen LogP contribution in [0, 0.1) is 0 Å². The van der Waals surface area contributed by atoms with Crippen LogP contribution in [0.3, 0.4) is 0 Å². The second-order valence-electron chi connectivity index (χ2n) is 4.71. The van der Waals surface area contributed by atoms with Crippen molar-refractivity contribution in [1.82, 2.24) is 10.3 Å². The van der Waals surface area contributed by atoms with E-state index >= 15 is 0 Å². The molecule has 0 spiro atoms. The van der Waals surface area contributed by atoms with Crippen molar-refractivity contribution in [3.63, 3.8) is 0 Å². The minimum atomic E-state index is -0.479. The van der Waals surface area contributed by atoms with Crippen LogP contribution >= 0.6 is 0 Å². The van der Waals surface area contributed by atoms with Crippen molar-refractivity contribution in [2.24, 2.45) is 0 Å². The monoisotopic (exact) mass is 220 g/mol. The first-order valence-electron chi connectivity index (χ1n) is 6.12. The lowest BCUT2D eigenvalue weighted by atomic mass is 9.85. The standard InChI is InChI=1S/C13H20N2O/c16-13(7-3-1-4-8-13)11-14-10-12-6-2-5-9-15-12/h2,5-6,9,14,16H,1,3-4,7-8,10-11H2. The van der Waals surface area contributed by atoms with Crippen LogP contribution in [0.25, 0.3) is 0 Å². The highest BCUT2D eigenvalue weighted by molar-refractivity contribution is 5.03. The fourth-order valence-electron chi connectivity index (χ4n) is 2.31. The van der Waals surface area contributed by atoms with Crippen molar-refractivity contribution < 1.29 is 5.11 Å². The van der Waals surface area contributed by atoms with Crippen LogP contribution in [0.5, 0.6) is 0 Å². The van der Waals surface area contributed by atoms with E-state index in [-0.39, 0.29) is 0 Å². The Morgan fingerprint density at radius 2 is 2.06 bits per heavy atom. The molecule has 0 bridgehead atoms. The summed E-state index contributed by atoms with van der Waals surface area (Å²) in [5, 5.41) is 13.6. The van der Waals surface area contributed by atoms with Crippen molar-refractivity contribution in [3.05, 3.63) is 30.1 Å². The molecular formula is C13H20N2O. The Hall–Kier alpha value is -0.930. The van der Waals surface area contributed by atoms with Gasteiger partial charge in [-0.1, -0.05) is 25.3 Å². The maximum atomic E-state index is 10.3. The Balaban J connectivity index is 1.75. The van der Waals surface area contributed by atoms with Gasteiger partial charge in [0.2, 0.25) is 0 Å². The summed E-state index contributed by atoms with van der Waals surface area (Å²) < 4.78 is 0. The molecule has 3 heteroatoms. The first kappa shape index (κ1) is 11.6. The topological polar surface area (TPSA) is 45.1 Å². The van der Waals surface area contributed by atoms with Gasteiger partial charge in [-0.15, -0.1) is 0 Å². The lowest BCUT2D eigenvalue weighted by Crippen LogP contribution is -2.41. The summed E-state index contributed by atoms with van der Waals surface area (Å²) in [7, 11) is 0. The Labute approximate surface area is 96.9 Å². The molecule has 0 atom stereocenters. The average Bonchev–Trinajstić information content (AvgIpc) is 2.31. The Bertz CT molecular complexity index is 307. The van der Waals surface area contributed by atoms with Gasteiger partial charge in [-0.3, -0.25) is 4.98 Å². The highest BCUT2D eigenvalue weighted by Crippen LogP contribution is 2.27. The molecule has 1 aliphatic carbocycles. The van der Waals surface area contributed by atoms with Crippen LogP contribution in [-0.2, 0) is 6.54 Å². The lowest BCUT2D eigenvalue weighted by molar-refractivity contribution is 0.00462. The molecule has 1 heterocycles. The maximum absolute atomic E-state index is 10.3. The summed E-state index contributed by atoms with van der Waals surface area (Å²) >= 11 is 0. The molecule has 0 saturated heterocycles. The zero-order valence-corrected chi connectivity index (χ0v) is 9.65. The van der Waals surface area contributed by atoms with Crippen LogP contribution in [0.4, 0.5) is 0 Å². The Morgan fingerprint density at radius 3 is 2.75 bits per heavy atom. The van der Waals surface area contributed by atoms with E-state index in [2.05, 4.69) is 10.3 Å². The smallest absolute Gasteiger partial charge is 0.0771 e. The first-order valence-corrected chi connectivity index (χ1v) is 6.12. The zero-order chi connectivity index (χ0) is 11.3. The number of pyridine rings is 1. The molecule has 1 aromatic rings. The molecule has 1 aromatic heterocycles. The van der Waals surface area contributed by atoms with Gasteiger partial charge in [-0.05, 0) is 25.0 Å². The van der Waals surface area contributed by atoms with Crippen LogP contribution in [0.15, 0.2) is 24.4 Å². The molecule has 0 amide bonds. The number of hydrogen-bond acceptors (Lipinski definition) is 3. The predicted octanol–water partition coefficient (Wildman–Crippen LogP) is 1.87. The quantitative estimate of drug-likeness (QED) is 0.814. The predicted molar refractivity (Wildman–Crippen MR) is 64.0 cm³/mol. The third-order valence-electron chi connectivity index (χ3n) is 3.27. The van der Waals surface area contributed by atoms with Crippen molar-refractivity contribution in [2.75, 3.05) is 6.54 Å². The van der Waals surface area contributed by atoms with E-state index in [0.29, 0.717) is 6.54 Å². The van der Waals surface area contributed by atoms with Gasteiger partial charge >= 0.3 is 0 Å².